The molecule has 0 spiro atoms. The van der Waals surface area contributed by atoms with Crippen LogP contribution in [0.1, 0.15) is 63.0 Å². The second kappa shape index (κ2) is 12.1. The summed E-state index contributed by atoms with van der Waals surface area (Å²) in [6, 6.07) is 14.8. The van der Waals surface area contributed by atoms with Gasteiger partial charge in [-0.2, -0.15) is 0 Å². The molecule has 0 unspecified atom stereocenters. The van der Waals surface area contributed by atoms with Crippen molar-refractivity contribution in [3.05, 3.63) is 76.5 Å². The summed E-state index contributed by atoms with van der Waals surface area (Å²) in [4.78, 5) is 41.6. The van der Waals surface area contributed by atoms with E-state index in [0.29, 0.717) is 28.5 Å². The fraction of sp³-hybridized carbons (Fsp3) is 0.357. The highest BCUT2D eigenvalue weighted by atomic mass is 35.5. The van der Waals surface area contributed by atoms with E-state index in [0.717, 1.165) is 5.56 Å². The second-order valence-electron chi connectivity index (χ2n) is 9.57. The van der Waals surface area contributed by atoms with Crippen LogP contribution in [-0.2, 0) is 14.4 Å². The number of anilines is 2. The fourth-order valence-corrected chi connectivity index (χ4v) is 4.05. The summed E-state index contributed by atoms with van der Waals surface area (Å²) in [5.41, 5.74) is 1.35. The highest BCUT2D eigenvalue weighted by Crippen LogP contribution is 2.35. The zero-order valence-electron chi connectivity index (χ0n) is 21.8. The molecule has 37 heavy (non-hydrogen) atoms. The minimum Gasteiger partial charge on any atom is -0.360 e. The summed E-state index contributed by atoms with van der Waals surface area (Å²) < 4.78 is 4.97. The lowest BCUT2D eigenvalue weighted by molar-refractivity contribution is -0.128. The van der Waals surface area contributed by atoms with Crippen molar-refractivity contribution in [2.24, 2.45) is 0 Å². The summed E-state index contributed by atoms with van der Waals surface area (Å²) in [6.07, 6.45) is 0.445. The maximum atomic E-state index is 13.8. The van der Waals surface area contributed by atoms with Gasteiger partial charge in [0.15, 0.2) is 5.82 Å². The van der Waals surface area contributed by atoms with E-state index in [-0.39, 0.29) is 24.6 Å². The van der Waals surface area contributed by atoms with Crippen LogP contribution in [0.5, 0.6) is 0 Å². The van der Waals surface area contributed by atoms with Crippen LogP contribution in [0.3, 0.4) is 0 Å². The SMILES string of the molecule is CCC(C)(C)NC(=O)[C@H](c1ccccc1Cl)N(C(=O)CCC(=O)Nc1cc(C)on1)c1ccccc1C. The Balaban J connectivity index is 1.99. The van der Waals surface area contributed by atoms with Gasteiger partial charge in [-0.1, -0.05) is 60.1 Å². The van der Waals surface area contributed by atoms with Gasteiger partial charge in [-0.05, 0) is 51.8 Å². The van der Waals surface area contributed by atoms with E-state index in [1.807, 2.05) is 39.8 Å². The lowest BCUT2D eigenvalue weighted by atomic mass is 9.97. The third kappa shape index (κ3) is 7.20. The molecule has 2 aromatic carbocycles. The van der Waals surface area contributed by atoms with Crippen LogP contribution in [0.15, 0.2) is 59.1 Å². The number of nitrogens with zero attached hydrogens (tertiary/aromatic N) is 2. The van der Waals surface area contributed by atoms with E-state index in [1.54, 1.807) is 49.4 Å². The zero-order valence-corrected chi connectivity index (χ0v) is 22.6. The van der Waals surface area contributed by atoms with E-state index < -0.39 is 23.4 Å². The quantitative estimate of drug-likeness (QED) is 0.352. The van der Waals surface area contributed by atoms with Crippen molar-refractivity contribution < 1.29 is 18.9 Å². The normalized spacial score (nSPS) is 12.1. The second-order valence-corrected chi connectivity index (χ2v) is 9.98. The van der Waals surface area contributed by atoms with E-state index in [4.69, 9.17) is 16.1 Å². The monoisotopic (exact) mass is 524 g/mol. The number of carbonyl (C=O) groups is 3. The molecule has 0 radical (unpaired) electrons. The molecule has 9 heteroatoms. The molecule has 0 saturated carbocycles. The maximum absolute atomic E-state index is 13.8. The van der Waals surface area contributed by atoms with Crippen LogP contribution in [-0.4, -0.2) is 28.4 Å². The average Bonchev–Trinajstić information content (AvgIpc) is 3.26. The minimum atomic E-state index is -1.05. The van der Waals surface area contributed by atoms with Gasteiger partial charge in [0, 0.05) is 40.7 Å². The van der Waals surface area contributed by atoms with Crippen molar-refractivity contribution >= 4 is 40.8 Å². The Labute approximate surface area is 222 Å². The zero-order chi connectivity index (χ0) is 27.2. The van der Waals surface area contributed by atoms with Gasteiger partial charge in [0.25, 0.3) is 0 Å². The average molecular weight is 525 g/mol. The van der Waals surface area contributed by atoms with Crippen molar-refractivity contribution in [2.75, 3.05) is 10.2 Å². The molecule has 0 bridgehead atoms. The van der Waals surface area contributed by atoms with Crippen molar-refractivity contribution in [3.63, 3.8) is 0 Å². The molecule has 1 heterocycles. The molecule has 0 aliphatic carbocycles. The number of benzene rings is 2. The van der Waals surface area contributed by atoms with Gasteiger partial charge in [-0.25, -0.2) is 0 Å². The summed E-state index contributed by atoms with van der Waals surface area (Å²) >= 11 is 6.57. The number of rotatable bonds is 10. The number of aromatic nitrogens is 1. The highest BCUT2D eigenvalue weighted by molar-refractivity contribution is 6.31. The number of aryl methyl sites for hydroxylation is 2. The molecular weight excluding hydrogens is 492 g/mol. The molecule has 3 aromatic rings. The van der Waals surface area contributed by atoms with Crippen molar-refractivity contribution in [2.45, 2.75) is 65.5 Å². The van der Waals surface area contributed by atoms with E-state index >= 15 is 0 Å². The van der Waals surface area contributed by atoms with Crippen molar-refractivity contribution in [1.82, 2.24) is 10.5 Å². The standard InChI is InChI=1S/C28H33ClN4O4/c1-6-28(4,5)31-27(36)26(20-12-8-9-13-21(20)29)33(22-14-10-7-11-18(22)2)25(35)16-15-24(34)30-23-17-19(3)37-32-23/h7-14,17,26H,6,15-16H2,1-5H3,(H,31,36)(H,30,32,34)/t26-/m0/s1. The number of nitrogens with one attached hydrogen (secondary N) is 2. The van der Waals surface area contributed by atoms with Crippen LogP contribution in [0.2, 0.25) is 5.02 Å². The van der Waals surface area contributed by atoms with E-state index in [2.05, 4.69) is 15.8 Å². The highest BCUT2D eigenvalue weighted by Gasteiger charge is 2.36. The van der Waals surface area contributed by atoms with E-state index in [9.17, 15) is 14.4 Å². The van der Waals surface area contributed by atoms with Gasteiger partial charge < -0.3 is 15.2 Å². The smallest absolute Gasteiger partial charge is 0.248 e. The Morgan fingerprint density at radius 1 is 1.05 bits per heavy atom. The summed E-state index contributed by atoms with van der Waals surface area (Å²) in [6.45, 7) is 9.40. The van der Waals surface area contributed by atoms with Gasteiger partial charge in [-0.15, -0.1) is 0 Å². The molecule has 0 aliphatic rings. The molecule has 2 N–H and O–H groups in total. The number of hydrogen-bond donors (Lipinski definition) is 2. The number of halogens is 1. The number of hydrogen-bond acceptors (Lipinski definition) is 5. The molecule has 0 saturated heterocycles. The number of para-hydroxylation sites is 1. The predicted octanol–water partition coefficient (Wildman–Crippen LogP) is 5.74. The van der Waals surface area contributed by atoms with Crippen LogP contribution >= 0.6 is 11.6 Å². The van der Waals surface area contributed by atoms with Gasteiger partial charge in [0.1, 0.15) is 11.8 Å². The number of carbonyl (C=O) groups excluding carboxylic acids is 3. The first-order chi connectivity index (χ1) is 17.5. The molecule has 0 fully saturated rings. The van der Waals surface area contributed by atoms with Gasteiger partial charge in [-0.3, -0.25) is 19.3 Å². The lowest BCUT2D eigenvalue weighted by Gasteiger charge is -2.35. The topological polar surface area (TPSA) is 105 Å². The fourth-order valence-electron chi connectivity index (χ4n) is 3.81. The molecule has 1 aromatic heterocycles. The first-order valence-corrected chi connectivity index (χ1v) is 12.6. The molecule has 3 rings (SSSR count). The Hall–Kier alpha value is -3.65. The van der Waals surface area contributed by atoms with Crippen LogP contribution in [0, 0.1) is 13.8 Å². The Bertz CT molecular complexity index is 1270. The van der Waals surface area contributed by atoms with Gasteiger partial charge >= 0.3 is 0 Å². The third-order valence-corrected chi connectivity index (χ3v) is 6.50. The molecule has 196 valence electrons. The Kier molecular flexibility index (Phi) is 9.10. The summed E-state index contributed by atoms with van der Waals surface area (Å²) in [5, 5.41) is 9.81. The third-order valence-electron chi connectivity index (χ3n) is 6.16. The van der Waals surface area contributed by atoms with E-state index in [1.165, 1.54) is 4.90 Å². The Morgan fingerprint density at radius 2 is 1.73 bits per heavy atom. The summed E-state index contributed by atoms with van der Waals surface area (Å²) in [7, 11) is 0. The first kappa shape index (κ1) is 27.9. The molecule has 1 atom stereocenters. The molecular formula is C28H33ClN4O4. The van der Waals surface area contributed by atoms with Crippen molar-refractivity contribution in [3.8, 4) is 0 Å². The summed E-state index contributed by atoms with van der Waals surface area (Å²) in [5.74, 6) is -0.312. The van der Waals surface area contributed by atoms with Crippen LogP contribution < -0.4 is 15.5 Å². The van der Waals surface area contributed by atoms with Crippen molar-refractivity contribution in [1.29, 1.82) is 0 Å². The van der Waals surface area contributed by atoms with Gasteiger partial charge in [0.05, 0.1) is 0 Å². The molecule has 8 nitrogen and oxygen atoms in total. The number of amides is 3. The maximum Gasteiger partial charge on any atom is 0.248 e. The van der Waals surface area contributed by atoms with Crippen LogP contribution in [0.25, 0.3) is 0 Å². The van der Waals surface area contributed by atoms with Crippen LogP contribution in [0.4, 0.5) is 11.5 Å². The molecule has 3 amide bonds. The first-order valence-electron chi connectivity index (χ1n) is 12.2. The molecule has 0 aliphatic heterocycles. The largest absolute Gasteiger partial charge is 0.360 e. The van der Waals surface area contributed by atoms with Gasteiger partial charge in [0.2, 0.25) is 17.7 Å². The lowest BCUT2D eigenvalue weighted by Crippen LogP contribution is -2.50. The predicted molar refractivity (Wildman–Crippen MR) is 144 cm³/mol. The minimum absolute atomic E-state index is 0.107. The Morgan fingerprint density at radius 3 is 2.35 bits per heavy atom.